The topological polar surface area (TPSA) is 131 Å². The molecule has 0 saturated carbocycles. The van der Waals surface area contributed by atoms with E-state index in [1.807, 2.05) is 0 Å². The quantitative estimate of drug-likeness (QED) is 0.452. The van der Waals surface area contributed by atoms with Gasteiger partial charge in [-0.3, -0.25) is 14.9 Å². The number of nitrogens with two attached hydrogens (primary N) is 1. The van der Waals surface area contributed by atoms with Crippen LogP contribution in [0.25, 0.3) is 0 Å². The van der Waals surface area contributed by atoms with E-state index < -0.39 is 28.6 Å². The number of benzene rings is 1. The first-order valence-corrected chi connectivity index (χ1v) is 6.31. The highest BCUT2D eigenvalue weighted by Crippen LogP contribution is 2.35. The Labute approximate surface area is 126 Å². The lowest BCUT2D eigenvalue weighted by molar-refractivity contribution is -0.385. The van der Waals surface area contributed by atoms with Crippen LogP contribution in [-0.4, -0.2) is 36.6 Å². The van der Waals surface area contributed by atoms with Gasteiger partial charge >= 0.3 is 5.97 Å². The van der Waals surface area contributed by atoms with Crippen molar-refractivity contribution in [2.24, 2.45) is 5.73 Å². The average molecular weight is 312 g/mol. The molecule has 0 aromatic heterocycles. The summed E-state index contributed by atoms with van der Waals surface area (Å²) in [6, 6.07) is 2.19. The number of carbonyl (C=O) groups excluding carboxylic acids is 2. The zero-order valence-electron chi connectivity index (χ0n) is 12.3. The smallest absolute Gasteiger partial charge is 0.346 e. The second-order valence-electron chi connectivity index (χ2n) is 4.16. The summed E-state index contributed by atoms with van der Waals surface area (Å²) < 4.78 is 15.0. The predicted octanol–water partition coefficient (Wildman–Crippen LogP) is 1.03. The second-order valence-corrected chi connectivity index (χ2v) is 4.16. The molecule has 1 rings (SSSR count). The van der Waals surface area contributed by atoms with Gasteiger partial charge in [-0.2, -0.15) is 0 Å². The molecule has 0 aliphatic carbocycles. The van der Waals surface area contributed by atoms with E-state index in [0.29, 0.717) is 0 Å². The molecule has 1 amide bonds. The van der Waals surface area contributed by atoms with Gasteiger partial charge in [-0.05, 0) is 13.8 Å². The maximum absolute atomic E-state index is 12.0. The Morgan fingerprint density at radius 1 is 1.36 bits per heavy atom. The number of hydrogen-bond acceptors (Lipinski definition) is 7. The second kappa shape index (κ2) is 7.25. The fourth-order valence-electron chi connectivity index (χ4n) is 1.57. The number of primary amides is 1. The Morgan fingerprint density at radius 3 is 2.45 bits per heavy atom. The summed E-state index contributed by atoms with van der Waals surface area (Å²) >= 11 is 0. The molecule has 2 N–H and O–H groups in total. The minimum Gasteiger partial charge on any atom is -0.493 e. The highest BCUT2D eigenvalue weighted by atomic mass is 16.6. The maximum Gasteiger partial charge on any atom is 0.346 e. The minimum atomic E-state index is -1.22. The van der Waals surface area contributed by atoms with Crippen LogP contribution in [0.2, 0.25) is 0 Å². The van der Waals surface area contributed by atoms with Crippen LogP contribution in [0, 0.1) is 10.1 Å². The SMILES string of the molecule is CCOc1cc(C(=O)O[C@@H](C)C(N)=O)c([N+](=O)[O-])cc1OC. The van der Waals surface area contributed by atoms with Gasteiger partial charge < -0.3 is 19.9 Å². The number of nitrogens with zero attached hydrogens (tertiary/aromatic N) is 1. The number of carbonyl (C=O) groups is 2. The fraction of sp³-hybridized carbons (Fsp3) is 0.385. The van der Waals surface area contributed by atoms with Crippen LogP contribution in [0.5, 0.6) is 11.5 Å². The summed E-state index contributed by atoms with van der Waals surface area (Å²) in [6.07, 6.45) is -1.22. The van der Waals surface area contributed by atoms with Crippen molar-refractivity contribution in [1.29, 1.82) is 0 Å². The third kappa shape index (κ3) is 3.84. The minimum absolute atomic E-state index is 0.105. The lowest BCUT2D eigenvalue weighted by Gasteiger charge is -2.13. The third-order valence-corrected chi connectivity index (χ3v) is 2.68. The lowest BCUT2D eigenvalue weighted by atomic mass is 10.1. The van der Waals surface area contributed by atoms with E-state index >= 15 is 0 Å². The number of nitro groups is 1. The molecular weight excluding hydrogens is 296 g/mol. The largest absolute Gasteiger partial charge is 0.493 e. The van der Waals surface area contributed by atoms with E-state index in [0.717, 1.165) is 12.1 Å². The Bertz CT molecular complexity index is 600. The Balaban J connectivity index is 3.30. The molecule has 0 heterocycles. The van der Waals surface area contributed by atoms with Crippen LogP contribution in [0.15, 0.2) is 12.1 Å². The summed E-state index contributed by atoms with van der Waals surface area (Å²) in [6.45, 7) is 3.23. The van der Waals surface area contributed by atoms with Crippen LogP contribution in [0.3, 0.4) is 0 Å². The first kappa shape index (κ1) is 17.2. The molecule has 1 aromatic carbocycles. The van der Waals surface area contributed by atoms with E-state index in [1.54, 1.807) is 6.92 Å². The molecule has 9 heteroatoms. The van der Waals surface area contributed by atoms with Crippen LogP contribution in [0.4, 0.5) is 5.69 Å². The van der Waals surface area contributed by atoms with Crippen LogP contribution in [0.1, 0.15) is 24.2 Å². The first-order chi connectivity index (χ1) is 10.3. The number of amides is 1. The molecule has 9 nitrogen and oxygen atoms in total. The van der Waals surface area contributed by atoms with Crippen molar-refractivity contribution < 1.29 is 28.7 Å². The van der Waals surface area contributed by atoms with Crippen LogP contribution >= 0.6 is 0 Å². The average Bonchev–Trinajstić information content (AvgIpc) is 2.46. The van der Waals surface area contributed by atoms with E-state index in [-0.39, 0.29) is 23.7 Å². The molecule has 120 valence electrons. The lowest BCUT2D eigenvalue weighted by Crippen LogP contribution is -2.30. The van der Waals surface area contributed by atoms with Crippen molar-refractivity contribution >= 4 is 17.6 Å². The van der Waals surface area contributed by atoms with Gasteiger partial charge in [-0.1, -0.05) is 0 Å². The van der Waals surface area contributed by atoms with E-state index in [4.69, 9.17) is 19.9 Å². The summed E-state index contributed by atoms with van der Waals surface area (Å²) in [5, 5.41) is 11.1. The molecule has 1 aromatic rings. The van der Waals surface area contributed by atoms with Crippen LogP contribution < -0.4 is 15.2 Å². The monoisotopic (exact) mass is 312 g/mol. The van der Waals surface area contributed by atoms with Crippen LogP contribution in [-0.2, 0) is 9.53 Å². The molecule has 22 heavy (non-hydrogen) atoms. The fourth-order valence-corrected chi connectivity index (χ4v) is 1.57. The number of hydrogen-bond donors (Lipinski definition) is 1. The molecule has 0 bridgehead atoms. The highest BCUT2D eigenvalue weighted by molar-refractivity contribution is 5.96. The zero-order valence-corrected chi connectivity index (χ0v) is 12.3. The number of methoxy groups -OCH3 is 1. The predicted molar refractivity (Wildman–Crippen MR) is 74.9 cm³/mol. The van der Waals surface area contributed by atoms with Gasteiger partial charge in [0.1, 0.15) is 5.56 Å². The molecule has 0 spiro atoms. The Hall–Kier alpha value is -2.84. The third-order valence-electron chi connectivity index (χ3n) is 2.68. The zero-order chi connectivity index (χ0) is 16.9. The van der Waals surface area contributed by atoms with Gasteiger partial charge in [-0.25, -0.2) is 4.79 Å². The molecule has 0 radical (unpaired) electrons. The summed E-state index contributed by atoms with van der Waals surface area (Å²) in [4.78, 5) is 33.3. The molecule has 0 fully saturated rings. The summed E-state index contributed by atoms with van der Waals surface area (Å²) in [5.74, 6) is -1.67. The summed E-state index contributed by atoms with van der Waals surface area (Å²) in [5.41, 5.74) is 4.10. The molecule has 0 saturated heterocycles. The standard InChI is InChI=1S/C13H16N2O7/c1-4-21-11-5-8(13(17)22-7(2)12(14)16)9(15(18)19)6-10(11)20-3/h5-7H,4H2,1-3H3,(H2,14,16)/t7-/m0/s1. The van der Waals surface area contributed by atoms with Gasteiger partial charge in [-0.15, -0.1) is 0 Å². The molecule has 1 atom stereocenters. The van der Waals surface area contributed by atoms with E-state index in [2.05, 4.69) is 0 Å². The number of rotatable bonds is 7. The van der Waals surface area contributed by atoms with E-state index in [1.165, 1.54) is 14.0 Å². The highest BCUT2D eigenvalue weighted by Gasteiger charge is 2.27. The maximum atomic E-state index is 12.0. The number of ether oxygens (including phenoxy) is 3. The molecule has 0 aliphatic rings. The number of nitro benzene ring substituents is 1. The van der Waals surface area contributed by atoms with Crippen molar-refractivity contribution in [2.75, 3.05) is 13.7 Å². The van der Waals surface area contributed by atoms with Crippen molar-refractivity contribution in [1.82, 2.24) is 0 Å². The Morgan fingerprint density at radius 2 is 2.00 bits per heavy atom. The normalized spacial score (nSPS) is 11.4. The van der Waals surface area contributed by atoms with Gasteiger partial charge in [0.05, 0.1) is 24.7 Å². The van der Waals surface area contributed by atoms with E-state index in [9.17, 15) is 19.7 Å². The summed E-state index contributed by atoms with van der Waals surface area (Å²) in [7, 11) is 1.31. The van der Waals surface area contributed by atoms with Crippen molar-refractivity contribution in [2.45, 2.75) is 20.0 Å². The molecule has 0 unspecified atom stereocenters. The van der Waals surface area contributed by atoms with Crippen molar-refractivity contribution in [3.63, 3.8) is 0 Å². The van der Waals surface area contributed by atoms with Gasteiger partial charge in [0.2, 0.25) is 0 Å². The van der Waals surface area contributed by atoms with Gasteiger partial charge in [0.15, 0.2) is 17.6 Å². The molecular formula is C13H16N2O7. The number of esters is 1. The molecule has 0 aliphatic heterocycles. The van der Waals surface area contributed by atoms with Crippen molar-refractivity contribution in [3.8, 4) is 11.5 Å². The van der Waals surface area contributed by atoms with Crippen molar-refractivity contribution in [3.05, 3.63) is 27.8 Å². The Kier molecular flexibility index (Phi) is 5.67. The van der Waals surface area contributed by atoms with Gasteiger partial charge in [0.25, 0.3) is 11.6 Å². The van der Waals surface area contributed by atoms with Gasteiger partial charge in [0, 0.05) is 6.07 Å². The first-order valence-electron chi connectivity index (χ1n) is 6.31.